The SMILES string of the molecule is Cc1cc(C)c(S(=O)(=O)N2CCCC(C)C2CN)s1. The molecule has 1 aromatic heterocycles. The lowest BCUT2D eigenvalue weighted by atomic mass is 9.93. The van der Waals surface area contributed by atoms with Crippen molar-refractivity contribution in [3.8, 4) is 0 Å². The molecule has 1 saturated heterocycles. The maximum Gasteiger partial charge on any atom is 0.253 e. The first kappa shape index (κ1) is 15.0. The third-order valence-electron chi connectivity index (χ3n) is 3.84. The first-order chi connectivity index (χ1) is 8.87. The van der Waals surface area contributed by atoms with Crippen molar-refractivity contribution < 1.29 is 8.42 Å². The van der Waals surface area contributed by atoms with E-state index < -0.39 is 10.0 Å². The van der Waals surface area contributed by atoms with Crippen molar-refractivity contribution in [1.29, 1.82) is 0 Å². The number of rotatable bonds is 3. The molecule has 0 bridgehead atoms. The van der Waals surface area contributed by atoms with Gasteiger partial charge in [-0.3, -0.25) is 0 Å². The van der Waals surface area contributed by atoms with E-state index >= 15 is 0 Å². The molecule has 0 spiro atoms. The molecule has 2 rings (SSSR count). The predicted molar refractivity (Wildman–Crippen MR) is 78.9 cm³/mol. The lowest BCUT2D eigenvalue weighted by Crippen LogP contribution is -2.51. The number of hydrogen-bond donors (Lipinski definition) is 1. The molecule has 1 aliphatic heterocycles. The highest BCUT2D eigenvalue weighted by atomic mass is 32.2. The van der Waals surface area contributed by atoms with Crippen LogP contribution in [0.4, 0.5) is 0 Å². The van der Waals surface area contributed by atoms with E-state index in [-0.39, 0.29) is 6.04 Å². The molecule has 2 N–H and O–H groups in total. The molecule has 19 heavy (non-hydrogen) atoms. The molecule has 0 aliphatic carbocycles. The molecule has 0 amide bonds. The minimum atomic E-state index is -3.39. The number of aryl methyl sites for hydroxylation is 2. The zero-order valence-corrected chi connectivity index (χ0v) is 13.4. The fourth-order valence-electron chi connectivity index (χ4n) is 2.84. The summed E-state index contributed by atoms with van der Waals surface area (Å²) in [4.78, 5) is 1.03. The van der Waals surface area contributed by atoms with Gasteiger partial charge in [0.15, 0.2) is 0 Å². The summed E-state index contributed by atoms with van der Waals surface area (Å²) in [6, 6.07) is 1.86. The maximum absolute atomic E-state index is 12.8. The topological polar surface area (TPSA) is 63.4 Å². The number of piperidine rings is 1. The second kappa shape index (κ2) is 5.52. The monoisotopic (exact) mass is 302 g/mol. The van der Waals surface area contributed by atoms with E-state index in [1.807, 2.05) is 19.9 Å². The van der Waals surface area contributed by atoms with E-state index in [1.165, 1.54) is 11.3 Å². The standard InChI is InChI=1S/C13H22N2O2S2/c1-9-5-4-6-15(12(9)8-14)19(16,17)13-10(2)7-11(3)18-13/h7,9,12H,4-6,8,14H2,1-3H3. The summed E-state index contributed by atoms with van der Waals surface area (Å²) in [6.07, 6.45) is 1.97. The Morgan fingerprint density at radius 1 is 1.47 bits per heavy atom. The van der Waals surface area contributed by atoms with Crippen LogP contribution in [0.5, 0.6) is 0 Å². The largest absolute Gasteiger partial charge is 0.329 e. The minimum absolute atomic E-state index is 0.0689. The Balaban J connectivity index is 2.40. The van der Waals surface area contributed by atoms with Gasteiger partial charge in [0.25, 0.3) is 10.0 Å². The third kappa shape index (κ3) is 2.72. The van der Waals surface area contributed by atoms with Gasteiger partial charge in [-0.2, -0.15) is 4.31 Å². The molecule has 2 atom stereocenters. The number of thiophene rings is 1. The fourth-order valence-corrected chi connectivity index (χ4v) is 6.39. The first-order valence-corrected chi connectivity index (χ1v) is 8.92. The van der Waals surface area contributed by atoms with Crippen molar-refractivity contribution in [2.45, 2.75) is 43.9 Å². The molecule has 0 radical (unpaired) electrons. The number of nitrogens with zero attached hydrogens (tertiary/aromatic N) is 1. The Morgan fingerprint density at radius 3 is 2.68 bits per heavy atom. The lowest BCUT2D eigenvalue weighted by Gasteiger charge is -2.38. The molecule has 2 unspecified atom stereocenters. The molecular weight excluding hydrogens is 280 g/mol. The molecule has 4 nitrogen and oxygen atoms in total. The average molecular weight is 302 g/mol. The van der Waals surface area contributed by atoms with Gasteiger partial charge in [-0.1, -0.05) is 6.92 Å². The fraction of sp³-hybridized carbons (Fsp3) is 0.692. The van der Waals surface area contributed by atoms with Crippen molar-refractivity contribution in [3.63, 3.8) is 0 Å². The van der Waals surface area contributed by atoms with Crippen LogP contribution in [0, 0.1) is 19.8 Å². The van der Waals surface area contributed by atoms with Gasteiger partial charge < -0.3 is 5.73 Å². The Morgan fingerprint density at radius 2 is 2.16 bits per heavy atom. The van der Waals surface area contributed by atoms with Gasteiger partial charge in [-0.25, -0.2) is 8.42 Å². The number of nitrogens with two attached hydrogens (primary N) is 1. The summed E-state index contributed by atoms with van der Waals surface area (Å²) in [6.45, 7) is 6.87. The van der Waals surface area contributed by atoms with Crippen LogP contribution in [0.15, 0.2) is 10.3 Å². The maximum atomic E-state index is 12.8. The van der Waals surface area contributed by atoms with Crippen molar-refractivity contribution in [2.75, 3.05) is 13.1 Å². The van der Waals surface area contributed by atoms with Crippen LogP contribution in [0.2, 0.25) is 0 Å². The van der Waals surface area contributed by atoms with Gasteiger partial charge in [0.05, 0.1) is 0 Å². The van der Waals surface area contributed by atoms with E-state index in [2.05, 4.69) is 6.92 Å². The highest BCUT2D eigenvalue weighted by Gasteiger charge is 2.37. The van der Waals surface area contributed by atoms with Gasteiger partial charge >= 0.3 is 0 Å². The van der Waals surface area contributed by atoms with E-state index in [0.717, 1.165) is 23.3 Å². The van der Waals surface area contributed by atoms with Crippen LogP contribution in [-0.4, -0.2) is 31.9 Å². The predicted octanol–water partition coefficient (Wildman–Crippen LogP) is 2.11. The highest BCUT2D eigenvalue weighted by molar-refractivity contribution is 7.91. The summed E-state index contributed by atoms with van der Waals surface area (Å²) >= 11 is 1.36. The van der Waals surface area contributed by atoms with E-state index in [4.69, 9.17) is 5.73 Å². The Bertz CT molecular complexity index is 551. The van der Waals surface area contributed by atoms with Crippen LogP contribution in [0.3, 0.4) is 0 Å². The highest BCUT2D eigenvalue weighted by Crippen LogP contribution is 2.33. The molecule has 1 fully saturated rings. The number of sulfonamides is 1. The zero-order chi connectivity index (χ0) is 14.2. The molecule has 108 valence electrons. The van der Waals surface area contributed by atoms with Gasteiger partial charge in [-0.05, 0) is 44.2 Å². The molecular formula is C13H22N2O2S2. The van der Waals surface area contributed by atoms with Gasteiger partial charge in [0.1, 0.15) is 4.21 Å². The Labute approximate surface area is 119 Å². The Kier molecular flexibility index (Phi) is 4.35. The van der Waals surface area contributed by atoms with Gasteiger partial charge in [0.2, 0.25) is 0 Å². The average Bonchev–Trinajstić information content (AvgIpc) is 2.68. The molecule has 1 aliphatic rings. The third-order valence-corrected chi connectivity index (χ3v) is 7.54. The summed E-state index contributed by atoms with van der Waals surface area (Å²) in [7, 11) is -3.39. The summed E-state index contributed by atoms with van der Waals surface area (Å²) in [5, 5.41) is 0. The molecule has 0 saturated carbocycles. The summed E-state index contributed by atoms with van der Waals surface area (Å²) in [5.74, 6) is 0.329. The molecule has 6 heteroatoms. The summed E-state index contributed by atoms with van der Waals surface area (Å²) < 4.78 is 27.7. The van der Waals surface area contributed by atoms with Crippen LogP contribution < -0.4 is 5.73 Å². The van der Waals surface area contributed by atoms with Crippen LogP contribution in [-0.2, 0) is 10.0 Å². The van der Waals surface area contributed by atoms with E-state index in [0.29, 0.717) is 23.2 Å². The van der Waals surface area contributed by atoms with E-state index in [9.17, 15) is 8.42 Å². The molecule has 2 heterocycles. The van der Waals surface area contributed by atoms with Crippen molar-refractivity contribution >= 4 is 21.4 Å². The first-order valence-electron chi connectivity index (χ1n) is 6.67. The quantitative estimate of drug-likeness (QED) is 0.930. The number of hydrogen-bond acceptors (Lipinski definition) is 4. The summed E-state index contributed by atoms with van der Waals surface area (Å²) in [5.41, 5.74) is 6.64. The smallest absolute Gasteiger partial charge is 0.253 e. The minimum Gasteiger partial charge on any atom is -0.329 e. The molecule has 0 aromatic carbocycles. The van der Waals surface area contributed by atoms with Crippen LogP contribution in [0.25, 0.3) is 0 Å². The molecule has 1 aromatic rings. The lowest BCUT2D eigenvalue weighted by molar-refractivity contribution is 0.193. The van der Waals surface area contributed by atoms with Crippen LogP contribution >= 0.6 is 11.3 Å². The second-order valence-corrected chi connectivity index (χ2v) is 8.71. The second-order valence-electron chi connectivity index (χ2n) is 5.37. The normalized spacial score (nSPS) is 25.7. The van der Waals surface area contributed by atoms with Crippen LogP contribution in [0.1, 0.15) is 30.2 Å². The van der Waals surface area contributed by atoms with Crippen molar-refractivity contribution in [2.24, 2.45) is 11.7 Å². The zero-order valence-electron chi connectivity index (χ0n) is 11.7. The van der Waals surface area contributed by atoms with Crippen molar-refractivity contribution in [1.82, 2.24) is 4.31 Å². The van der Waals surface area contributed by atoms with Crippen molar-refractivity contribution in [3.05, 3.63) is 16.5 Å². The van der Waals surface area contributed by atoms with E-state index in [1.54, 1.807) is 4.31 Å². The van der Waals surface area contributed by atoms with Gasteiger partial charge in [-0.15, -0.1) is 11.3 Å². The Hall–Kier alpha value is -0.430. The van der Waals surface area contributed by atoms with Gasteiger partial charge in [0, 0.05) is 24.0 Å².